The van der Waals surface area contributed by atoms with Crippen molar-refractivity contribution in [2.45, 2.75) is 19.3 Å². The van der Waals surface area contributed by atoms with Gasteiger partial charge in [0.05, 0.1) is 0 Å². The van der Waals surface area contributed by atoms with Crippen molar-refractivity contribution in [2.24, 2.45) is 0 Å². The van der Waals surface area contributed by atoms with Crippen molar-refractivity contribution in [1.82, 2.24) is 14.5 Å². The van der Waals surface area contributed by atoms with Crippen LogP contribution < -0.4 is 17.7 Å². The molecule has 1 aliphatic carbocycles. The zero-order valence-electron chi connectivity index (χ0n) is 32.9. The molecule has 0 unspecified atom stereocenters. The third-order valence-corrected chi connectivity index (χ3v) is 23.0. The molecular weight excluding hydrogens is 775 g/mol. The molecule has 0 saturated heterocycles. The summed E-state index contributed by atoms with van der Waals surface area (Å²) in [5, 5.41) is 2.52. The van der Waals surface area contributed by atoms with E-state index in [1.807, 2.05) is 0 Å². The van der Waals surface area contributed by atoms with Gasteiger partial charge in [-0.2, -0.15) is 0 Å². The molecule has 0 atom stereocenters. The topological polar surface area (TPSA) is 30.7 Å². The van der Waals surface area contributed by atoms with E-state index in [1.54, 1.807) is 0 Å². The molecular formula is C55H39GeN3. The van der Waals surface area contributed by atoms with E-state index >= 15 is 0 Å². The third kappa shape index (κ3) is 4.83. The monoisotopic (exact) mass is 815 g/mol. The molecule has 10 aromatic rings. The van der Waals surface area contributed by atoms with Gasteiger partial charge in [0, 0.05) is 0 Å². The van der Waals surface area contributed by atoms with Gasteiger partial charge in [0.15, 0.2) is 0 Å². The van der Waals surface area contributed by atoms with Gasteiger partial charge in [-0.05, 0) is 0 Å². The maximum atomic E-state index is 5.72. The average molecular weight is 815 g/mol. The first-order chi connectivity index (χ1) is 29.0. The molecule has 1 aliphatic heterocycles. The Kier molecular flexibility index (Phi) is 7.45. The quantitative estimate of drug-likeness (QED) is 0.162. The van der Waals surface area contributed by atoms with Gasteiger partial charge in [-0.15, -0.1) is 0 Å². The summed E-state index contributed by atoms with van der Waals surface area (Å²) >= 11 is -3.68. The number of para-hydroxylation sites is 1. The summed E-state index contributed by atoms with van der Waals surface area (Å²) in [7, 11) is 0. The Bertz CT molecular complexity index is 3250. The third-order valence-electron chi connectivity index (χ3n) is 13.1. The number of hydrogen-bond acceptors (Lipinski definition) is 2. The molecule has 4 heteroatoms. The first kappa shape index (κ1) is 34.2. The van der Waals surface area contributed by atoms with E-state index < -0.39 is 13.3 Å². The zero-order valence-corrected chi connectivity index (χ0v) is 35.0. The van der Waals surface area contributed by atoms with E-state index in [-0.39, 0.29) is 5.41 Å². The standard InChI is InChI=1S/C55H39GeN3/c1-55(2)46-30-15-12-27-41(46)44-34-45-42-28-14-17-32-49(42)59(50(45)35-47(44)55)40-26-18-21-37(33-40)52-51-43-29-13-16-31-48(43)56(38-22-8-4-9-23-38,39-24-10-5-11-25-39)53(51)58-54(57-52)36-19-6-3-7-20-36/h3-35H,1-2H3. The molecule has 0 fully saturated rings. The van der Waals surface area contributed by atoms with E-state index in [0.717, 1.165) is 33.9 Å². The summed E-state index contributed by atoms with van der Waals surface area (Å²) in [6.07, 6.45) is 0. The minimum atomic E-state index is -3.68. The van der Waals surface area contributed by atoms with Gasteiger partial charge in [0.2, 0.25) is 0 Å². The summed E-state index contributed by atoms with van der Waals surface area (Å²) in [6, 6.07) is 73.7. The summed E-state index contributed by atoms with van der Waals surface area (Å²) in [5.41, 5.74) is 14.3. The second kappa shape index (κ2) is 12.8. The molecule has 12 rings (SSSR count). The summed E-state index contributed by atoms with van der Waals surface area (Å²) in [4.78, 5) is 11.3. The SMILES string of the molecule is CC1(C)c2ccccc2-c2cc3c4ccccc4n(-c4cccc(-c5nc(-c6ccccc6)n[c]6c5-c5cccc[c]5[Ge]6([c]5ccccc5)[c]5ccccc5)c4)c3cc21. The fourth-order valence-electron chi connectivity index (χ4n) is 10.4. The molecule has 2 aliphatic rings. The number of aromatic nitrogens is 3. The van der Waals surface area contributed by atoms with E-state index in [0.29, 0.717) is 0 Å². The number of rotatable bonds is 5. The van der Waals surface area contributed by atoms with Crippen molar-refractivity contribution in [2.75, 3.05) is 0 Å². The van der Waals surface area contributed by atoms with Gasteiger partial charge in [-0.1, -0.05) is 24.3 Å². The van der Waals surface area contributed by atoms with Crippen LogP contribution in [0.2, 0.25) is 0 Å². The Hall–Kier alpha value is -6.82. The molecule has 2 aromatic heterocycles. The molecule has 3 heterocycles. The molecule has 278 valence electrons. The van der Waals surface area contributed by atoms with Crippen molar-refractivity contribution in [1.29, 1.82) is 0 Å². The molecule has 59 heavy (non-hydrogen) atoms. The average Bonchev–Trinajstić information content (AvgIpc) is 3.87. The normalized spacial score (nSPS) is 14.2. The maximum absolute atomic E-state index is 5.72. The van der Waals surface area contributed by atoms with Crippen LogP contribution in [-0.4, -0.2) is 27.8 Å². The Morgan fingerprint density at radius 2 is 1.08 bits per heavy atom. The molecule has 0 amide bonds. The molecule has 0 bridgehead atoms. The van der Waals surface area contributed by atoms with Gasteiger partial charge in [0.25, 0.3) is 0 Å². The minimum absolute atomic E-state index is 0.110. The van der Waals surface area contributed by atoms with Crippen LogP contribution >= 0.6 is 0 Å². The first-order valence-corrected chi connectivity index (χ1v) is 24.7. The van der Waals surface area contributed by atoms with E-state index in [1.165, 1.54) is 67.3 Å². The fourth-order valence-corrected chi connectivity index (χ4v) is 20.9. The van der Waals surface area contributed by atoms with E-state index in [9.17, 15) is 0 Å². The summed E-state index contributed by atoms with van der Waals surface area (Å²) in [5.74, 6) is 0.758. The molecule has 0 saturated carbocycles. The van der Waals surface area contributed by atoms with Gasteiger partial charge >= 0.3 is 324 Å². The second-order valence-corrected chi connectivity index (χ2v) is 24.2. The van der Waals surface area contributed by atoms with Crippen LogP contribution in [0.15, 0.2) is 200 Å². The number of hydrogen-bond donors (Lipinski definition) is 0. The molecule has 3 nitrogen and oxygen atoms in total. The predicted octanol–water partition coefficient (Wildman–Crippen LogP) is 10.6. The molecule has 8 aromatic carbocycles. The van der Waals surface area contributed by atoms with Gasteiger partial charge in [-0.3, -0.25) is 0 Å². The van der Waals surface area contributed by atoms with Gasteiger partial charge in [0.1, 0.15) is 0 Å². The van der Waals surface area contributed by atoms with Crippen LogP contribution in [0.3, 0.4) is 0 Å². The van der Waals surface area contributed by atoms with Crippen LogP contribution in [0.4, 0.5) is 0 Å². The van der Waals surface area contributed by atoms with Gasteiger partial charge in [-0.25, -0.2) is 0 Å². The Labute approximate surface area is 346 Å². The molecule has 0 radical (unpaired) electrons. The van der Waals surface area contributed by atoms with Crippen molar-refractivity contribution in [3.63, 3.8) is 0 Å². The predicted molar refractivity (Wildman–Crippen MR) is 247 cm³/mol. The first-order valence-electron chi connectivity index (χ1n) is 20.5. The van der Waals surface area contributed by atoms with Crippen LogP contribution in [0.25, 0.3) is 72.4 Å². The second-order valence-electron chi connectivity index (χ2n) is 16.5. The van der Waals surface area contributed by atoms with E-state index in [2.05, 4.69) is 219 Å². The Balaban J connectivity index is 1.15. The van der Waals surface area contributed by atoms with Crippen molar-refractivity contribution < 1.29 is 0 Å². The molecule has 0 N–H and O–H groups in total. The summed E-state index contributed by atoms with van der Waals surface area (Å²) in [6.45, 7) is 4.73. The zero-order chi connectivity index (χ0) is 39.3. The Morgan fingerprint density at radius 3 is 1.85 bits per heavy atom. The summed E-state index contributed by atoms with van der Waals surface area (Å²) < 4.78 is 7.79. The number of nitrogens with zero attached hydrogens (tertiary/aromatic N) is 3. The van der Waals surface area contributed by atoms with Crippen LogP contribution in [-0.2, 0) is 5.41 Å². The van der Waals surface area contributed by atoms with E-state index in [4.69, 9.17) is 9.97 Å². The van der Waals surface area contributed by atoms with Crippen LogP contribution in [0.5, 0.6) is 0 Å². The van der Waals surface area contributed by atoms with Crippen molar-refractivity contribution >= 4 is 52.8 Å². The Morgan fingerprint density at radius 1 is 0.458 bits per heavy atom. The van der Waals surface area contributed by atoms with Gasteiger partial charge < -0.3 is 0 Å². The van der Waals surface area contributed by atoms with Crippen molar-refractivity contribution in [3.05, 3.63) is 211 Å². The van der Waals surface area contributed by atoms with Crippen LogP contribution in [0, 0.1) is 0 Å². The number of fused-ring (bicyclic) bond motifs is 9. The van der Waals surface area contributed by atoms with Crippen molar-refractivity contribution in [3.8, 4) is 50.6 Å². The number of benzene rings is 8. The molecule has 0 spiro atoms. The fraction of sp³-hybridized carbons (Fsp3) is 0.0545. The van der Waals surface area contributed by atoms with Crippen LogP contribution in [0.1, 0.15) is 25.0 Å².